The molecule has 0 radical (unpaired) electrons. The lowest BCUT2D eigenvalue weighted by Crippen LogP contribution is -2.41. The highest BCUT2D eigenvalue weighted by molar-refractivity contribution is 7.88. The van der Waals surface area contributed by atoms with Gasteiger partial charge in [0.1, 0.15) is 0 Å². The van der Waals surface area contributed by atoms with Crippen LogP contribution in [0, 0.1) is 0 Å². The molecule has 14 heteroatoms. The summed E-state index contributed by atoms with van der Waals surface area (Å²) in [5.41, 5.74) is -4.73. The molecule has 1 unspecified atom stereocenters. The van der Waals surface area contributed by atoms with Crippen LogP contribution in [-0.4, -0.2) is 64.8 Å². The van der Waals surface area contributed by atoms with E-state index in [1.54, 1.807) is 23.9 Å². The third kappa shape index (κ3) is 4.73. The van der Waals surface area contributed by atoms with Gasteiger partial charge in [0.05, 0.1) is 17.9 Å². The number of hydrogen-bond donors (Lipinski definition) is 1. The van der Waals surface area contributed by atoms with Crippen molar-refractivity contribution in [2.24, 2.45) is 0 Å². The Hall–Kier alpha value is -3.29. The third-order valence-electron chi connectivity index (χ3n) is 6.59. The van der Waals surface area contributed by atoms with E-state index in [1.165, 1.54) is 29.0 Å². The van der Waals surface area contributed by atoms with Crippen LogP contribution in [0.1, 0.15) is 44.7 Å². The van der Waals surface area contributed by atoms with E-state index in [0.717, 1.165) is 0 Å². The quantitative estimate of drug-likeness (QED) is 0.472. The summed E-state index contributed by atoms with van der Waals surface area (Å²) in [4.78, 5) is 26.1. The number of halogens is 3. The number of hydrogen-bond acceptors (Lipinski definition) is 6. The zero-order valence-electron chi connectivity index (χ0n) is 19.5. The molecular weight excluding hydrogens is 505 g/mol. The monoisotopic (exact) mass is 530 g/mol. The molecule has 3 heterocycles. The van der Waals surface area contributed by atoms with Gasteiger partial charge in [-0.05, 0) is 44.7 Å². The minimum atomic E-state index is -5.99. The maximum absolute atomic E-state index is 13.2. The highest BCUT2D eigenvalue weighted by atomic mass is 32.2. The molecule has 1 aromatic heterocycles. The predicted octanol–water partition coefficient (Wildman–Crippen LogP) is 3.78. The molecule has 1 aromatic carbocycles. The van der Waals surface area contributed by atoms with Crippen molar-refractivity contribution in [3.05, 3.63) is 30.1 Å². The van der Waals surface area contributed by atoms with E-state index in [9.17, 15) is 31.2 Å². The van der Waals surface area contributed by atoms with E-state index >= 15 is 0 Å². The number of carbonyl (C=O) groups is 2. The van der Waals surface area contributed by atoms with Gasteiger partial charge in [0.2, 0.25) is 5.91 Å². The molecule has 36 heavy (non-hydrogen) atoms. The Bertz CT molecular complexity index is 1290. The first kappa shape index (κ1) is 25.8. The maximum Gasteiger partial charge on any atom is 0.534 e. The summed E-state index contributed by atoms with van der Waals surface area (Å²) in [6, 6.07) is 2.62. The maximum atomic E-state index is 13.2. The lowest BCUT2D eigenvalue weighted by atomic mass is 9.92. The van der Waals surface area contributed by atoms with Crippen molar-refractivity contribution < 1.29 is 40.5 Å². The zero-order valence-corrected chi connectivity index (χ0v) is 20.3. The Balaban J connectivity index is 1.76. The number of piperidine rings is 1. The smallest absolute Gasteiger partial charge is 0.465 e. The number of nitrogens with zero attached hydrogens (tertiary/aromatic N) is 4. The second kappa shape index (κ2) is 9.30. The second-order valence-corrected chi connectivity index (χ2v) is 10.4. The van der Waals surface area contributed by atoms with Crippen LogP contribution in [0.3, 0.4) is 0 Å². The topological polar surface area (TPSA) is 122 Å². The molecule has 0 saturated carbocycles. The fourth-order valence-corrected chi connectivity index (χ4v) is 5.27. The van der Waals surface area contributed by atoms with Gasteiger partial charge in [-0.15, -0.1) is 0 Å². The number of likely N-dealkylation sites (tertiary alicyclic amines) is 1. The Morgan fingerprint density at radius 2 is 1.83 bits per heavy atom. The largest absolute Gasteiger partial charge is 0.534 e. The summed E-state index contributed by atoms with van der Waals surface area (Å²) < 4.78 is 70.1. The van der Waals surface area contributed by atoms with Crippen molar-refractivity contribution in [3.8, 4) is 16.9 Å². The molecule has 4 rings (SSSR count). The summed E-state index contributed by atoms with van der Waals surface area (Å²) in [5.74, 6) is -0.815. The van der Waals surface area contributed by atoms with Crippen molar-refractivity contribution >= 4 is 27.8 Å². The van der Waals surface area contributed by atoms with Crippen LogP contribution < -0.4 is 9.08 Å². The summed E-state index contributed by atoms with van der Waals surface area (Å²) in [5, 5.41) is 13.4. The van der Waals surface area contributed by atoms with Gasteiger partial charge in [-0.2, -0.15) is 26.7 Å². The van der Waals surface area contributed by atoms with Gasteiger partial charge in [0, 0.05) is 48.9 Å². The van der Waals surface area contributed by atoms with Crippen molar-refractivity contribution in [3.63, 3.8) is 0 Å². The Morgan fingerprint density at radius 1 is 1.17 bits per heavy atom. The van der Waals surface area contributed by atoms with Crippen LogP contribution in [0.4, 0.5) is 23.7 Å². The van der Waals surface area contributed by atoms with Crippen molar-refractivity contribution in [2.75, 3.05) is 18.0 Å². The standard InChI is InChI=1S/C22H25F3N4O6S/c1-13-3-4-18-19(29(13)14(2)30)6-5-17(20(18)35-36(33,34)22(23,24)25)15-11-26-28(12-15)16-7-9-27(10-8-16)21(31)32/h5-6,11-13,16H,3-4,7-10H2,1-2H3,(H,31,32). The van der Waals surface area contributed by atoms with Crippen LogP contribution in [0.2, 0.25) is 0 Å². The van der Waals surface area contributed by atoms with Crippen molar-refractivity contribution in [2.45, 2.75) is 57.1 Å². The number of fused-ring (bicyclic) bond motifs is 1. The molecule has 196 valence electrons. The lowest BCUT2D eigenvalue weighted by molar-refractivity contribution is -0.117. The van der Waals surface area contributed by atoms with Gasteiger partial charge in [0.25, 0.3) is 0 Å². The Morgan fingerprint density at radius 3 is 2.42 bits per heavy atom. The molecular formula is C22H25F3N4O6S. The highest BCUT2D eigenvalue weighted by Gasteiger charge is 2.49. The number of benzene rings is 1. The van der Waals surface area contributed by atoms with Gasteiger partial charge in [-0.25, -0.2) is 4.79 Å². The molecule has 0 bridgehead atoms. The molecule has 1 atom stereocenters. The number of anilines is 1. The predicted molar refractivity (Wildman–Crippen MR) is 122 cm³/mol. The number of carbonyl (C=O) groups excluding carboxylic acids is 1. The molecule has 1 saturated heterocycles. The average molecular weight is 531 g/mol. The second-order valence-electron chi connectivity index (χ2n) is 8.91. The van der Waals surface area contributed by atoms with Gasteiger partial charge in [-0.1, -0.05) is 0 Å². The molecule has 2 amide bonds. The van der Waals surface area contributed by atoms with E-state index in [1.807, 2.05) is 0 Å². The molecule has 10 nitrogen and oxygen atoms in total. The first-order valence-electron chi connectivity index (χ1n) is 11.3. The normalized spacial score (nSPS) is 19.2. The van der Waals surface area contributed by atoms with Gasteiger partial charge < -0.3 is 19.1 Å². The number of amides is 2. The van der Waals surface area contributed by atoms with E-state index in [-0.39, 0.29) is 35.5 Å². The molecule has 0 aliphatic carbocycles. The van der Waals surface area contributed by atoms with Crippen molar-refractivity contribution in [1.29, 1.82) is 0 Å². The number of aromatic nitrogens is 2. The summed E-state index contributed by atoms with van der Waals surface area (Å²) in [7, 11) is -5.99. The van der Waals surface area contributed by atoms with Crippen LogP contribution in [-0.2, 0) is 21.3 Å². The lowest BCUT2D eigenvalue weighted by Gasteiger charge is -2.35. The fraction of sp³-hybridized carbons (Fsp3) is 0.500. The first-order chi connectivity index (χ1) is 16.8. The highest BCUT2D eigenvalue weighted by Crippen LogP contribution is 2.45. The average Bonchev–Trinajstić information content (AvgIpc) is 3.28. The fourth-order valence-electron chi connectivity index (χ4n) is 4.76. The van der Waals surface area contributed by atoms with Gasteiger partial charge in [-0.3, -0.25) is 9.48 Å². The SMILES string of the molecule is CC(=O)N1c2ccc(-c3cnn(C4CCN(C(=O)O)CC4)c3)c(OS(=O)(=O)C(F)(F)F)c2CCC1C. The molecule has 2 aromatic rings. The molecule has 1 fully saturated rings. The zero-order chi connectivity index (χ0) is 26.4. The van der Waals surface area contributed by atoms with E-state index in [2.05, 4.69) is 5.10 Å². The Labute approximate surface area is 205 Å². The summed E-state index contributed by atoms with van der Waals surface area (Å²) in [6.45, 7) is 3.74. The molecule has 2 aliphatic rings. The van der Waals surface area contributed by atoms with E-state index in [0.29, 0.717) is 43.6 Å². The van der Waals surface area contributed by atoms with Crippen LogP contribution in [0.25, 0.3) is 11.1 Å². The molecule has 1 N–H and O–H groups in total. The summed E-state index contributed by atoms with van der Waals surface area (Å²) in [6.07, 6.45) is 3.56. The minimum Gasteiger partial charge on any atom is -0.465 e. The van der Waals surface area contributed by atoms with Crippen LogP contribution in [0.5, 0.6) is 5.75 Å². The minimum absolute atomic E-state index is 0.0915. The van der Waals surface area contributed by atoms with Crippen LogP contribution in [0.15, 0.2) is 24.5 Å². The van der Waals surface area contributed by atoms with Crippen LogP contribution >= 0.6 is 0 Å². The first-order valence-corrected chi connectivity index (χ1v) is 12.7. The number of alkyl halides is 3. The Kier molecular flexibility index (Phi) is 6.66. The van der Waals surface area contributed by atoms with Gasteiger partial charge in [0.15, 0.2) is 5.75 Å². The molecule has 0 spiro atoms. The van der Waals surface area contributed by atoms with E-state index < -0.39 is 27.5 Å². The summed E-state index contributed by atoms with van der Waals surface area (Å²) >= 11 is 0. The number of carboxylic acid groups (broad SMARTS) is 1. The third-order valence-corrected chi connectivity index (χ3v) is 7.54. The number of rotatable bonds is 4. The van der Waals surface area contributed by atoms with Gasteiger partial charge >= 0.3 is 21.7 Å². The van der Waals surface area contributed by atoms with E-state index in [4.69, 9.17) is 9.29 Å². The molecule has 2 aliphatic heterocycles. The van der Waals surface area contributed by atoms with Crippen molar-refractivity contribution in [1.82, 2.24) is 14.7 Å².